The van der Waals surface area contributed by atoms with E-state index in [0.717, 1.165) is 13.1 Å². The zero-order chi connectivity index (χ0) is 15.2. The van der Waals surface area contributed by atoms with Gasteiger partial charge in [0.1, 0.15) is 5.69 Å². The van der Waals surface area contributed by atoms with Gasteiger partial charge in [-0.15, -0.1) is 0 Å². The fourth-order valence-electron chi connectivity index (χ4n) is 2.23. The molecular weight excluding hydrogens is 278 g/mol. The smallest absolute Gasteiger partial charge is 0.355 e. The zero-order valence-electron chi connectivity index (χ0n) is 12.0. The molecule has 0 aliphatic carbocycles. The Labute approximate surface area is 122 Å². The third-order valence-corrected chi connectivity index (χ3v) is 3.34. The average Bonchev–Trinajstić information content (AvgIpc) is 2.91. The fourth-order valence-corrected chi connectivity index (χ4v) is 2.23. The minimum Gasteiger partial charge on any atom is -0.461 e. The van der Waals surface area contributed by atoms with E-state index in [9.17, 15) is 14.9 Å². The van der Waals surface area contributed by atoms with Crippen molar-refractivity contribution in [3.05, 3.63) is 28.1 Å². The van der Waals surface area contributed by atoms with E-state index in [1.54, 1.807) is 11.5 Å². The van der Waals surface area contributed by atoms with Crippen molar-refractivity contribution >= 4 is 11.7 Å². The lowest BCUT2D eigenvalue weighted by Gasteiger charge is -2.26. The molecule has 8 heteroatoms. The molecule has 0 N–H and O–H groups in total. The maximum absolute atomic E-state index is 11.9. The highest BCUT2D eigenvalue weighted by Gasteiger charge is 2.21. The number of carbonyl (C=O) groups excluding carboxylic acids is 1. The molecule has 1 aliphatic rings. The summed E-state index contributed by atoms with van der Waals surface area (Å²) in [5.41, 5.74) is 0.122. The predicted molar refractivity (Wildman–Crippen MR) is 74.3 cm³/mol. The van der Waals surface area contributed by atoms with Crippen LogP contribution >= 0.6 is 0 Å². The molecule has 0 saturated carbocycles. The SMILES string of the molecule is CCOC(=O)c1cc([N+](=O)[O-])cn1CCN1CCOCC1. The molecule has 0 amide bonds. The van der Waals surface area contributed by atoms with Crippen LogP contribution in [0.2, 0.25) is 0 Å². The number of hydrogen-bond acceptors (Lipinski definition) is 6. The van der Waals surface area contributed by atoms with Gasteiger partial charge in [0.05, 0.1) is 30.9 Å². The monoisotopic (exact) mass is 297 g/mol. The topological polar surface area (TPSA) is 86.8 Å². The Morgan fingerprint density at radius 2 is 2.14 bits per heavy atom. The van der Waals surface area contributed by atoms with Gasteiger partial charge in [0, 0.05) is 32.2 Å². The van der Waals surface area contributed by atoms with E-state index in [0.29, 0.717) is 26.3 Å². The summed E-state index contributed by atoms with van der Waals surface area (Å²) in [4.78, 5) is 24.4. The van der Waals surface area contributed by atoms with E-state index in [-0.39, 0.29) is 18.0 Å². The molecule has 1 fully saturated rings. The van der Waals surface area contributed by atoms with Crippen molar-refractivity contribution in [1.29, 1.82) is 0 Å². The van der Waals surface area contributed by atoms with Gasteiger partial charge in [-0.25, -0.2) is 4.79 Å². The van der Waals surface area contributed by atoms with Crippen molar-refractivity contribution in [2.75, 3.05) is 39.5 Å². The van der Waals surface area contributed by atoms with Crippen LogP contribution in [0, 0.1) is 10.1 Å². The maximum Gasteiger partial charge on any atom is 0.355 e. The number of esters is 1. The number of nitrogens with zero attached hydrogens (tertiary/aromatic N) is 3. The number of ether oxygens (including phenoxy) is 2. The van der Waals surface area contributed by atoms with Crippen molar-refractivity contribution < 1.29 is 19.2 Å². The van der Waals surface area contributed by atoms with Gasteiger partial charge < -0.3 is 14.0 Å². The lowest BCUT2D eigenvalue weighted by molar-refractivity contribution is -0.384. The summed E-state index contributed by atoms with van der Waals surface area (Å²) in [6, 6.07) is 1.26. The molecule has 0 spiro atoms. The Bertz CT molecular complexity index is 508. The van der Waals surface area contributed by atoms with Gasteiger partial charge in [0.25, 0.3) is 5.69 Å². The summed E-state index contributed by atoms with van der Waals surface area (Å²) in [6.07, 6.45) is 1.38. The number of aromatic nitrogens is 1. The number of rotatable bonds is 6. The molecule has 0 radical (unpaired) electrons. The fraction of sp³-hybridized carbons (Fsp3) is 0.615. The summed E-state index contributed by atoms with van der Waals surface area (Å²) in [5, 5.41) is 10.9. The minimum atomic E-state index is -0.535. The molecule has 0 unspecified atom stereocenters. The zero-order valence-corrected chi connectivity index (χ0v) is 12.0. The summed E-state index contributed by atoms with van der Waals surface area (Å²) < 4.78 is 11.8. The summed E-state index contributed by atoms with van der Waals surface area (Å²) in [7, 11) is 0. The molecule has 0 aromatic carbocycles. The molecule has 1 saturated heterocycles. The van der Waals surface area contributed by atoms with Gasteiger partial charge in [-0.3, -0.25) is 15.0 Å². The number of nitro groups is 1. The van der Waals surface area contributed by atoms with Crippen LogP contribution in [0.4, 0.5) is 5.69 Å². The second-order valence-electron chi connectivity index (χ2n) is 4.71. The Balaban J connectivity index is 2.08. The largest absolute Gasteiger partial charge is 0.461 e. The van der Waals surface area contributed by atoms with E-state index in [4.69, 9.17) is 9.47 Å². The molecule has 2 rings (SSSR count). The van der Waals surface area contributed by atoms with Crippen LogP contribution in [0.5, 0.6) is 0 Å². The number of carbonyl (C=O) groups is 1. The maximum atomic E-state index is 11.9. The Morgan fingerprint density at radius 3 is 2.76 bits per heavy atom. The van der Waals surface area contributed by atoms with Crippen molar-refractivity contribution in [3.63, 3.8) is 0 Å². The highest BCUT2D eigenvalue weighted by Crippen LogP contribution is 2.17. The first kappa shape index (κ1) is 15.5. The van der Waals surface area contributed by atoms with Gasteiger partial charge >= 0.3 is 5.97 Å². The van der Waals surface area contributed by atoms with E-state index in [1.807, 2.05) is 0 Å². The van der Waals surface area contributed by atoms with E-state index >= 15 is 0 Å². The molecule has 116 valence electrons. The second-order valence-corrected chi connectivity index (χ2v) is 4.71. The first-order valence-corrected chi connectivity index (χ1v) is 6.93. The highest BCUT2D eigenvalue weighted by molar-refractivity contribution is 5.88. The quantitative estimate of drug-likeness (QED) is 0.440. The molecule has 1 aliphatic heterocycles. The summed E-state index contributed by atoms with van der Waals surface area (Å²) >= 11 is 0. The second kappa shape index (κ2) is 7.19. The highest BCUT2D eigenvalue weighted by atomic mass is 16.6. The molecule has 1 aromatic heterocycles. The first-order valence-electron chi connectivity index (χ1n) is 6.93. The van der Waals surface area contributed by atoms with Crippen molar-refractivity contribution in [3.8, 4) is 0 Å². The van der Waals surface area contributed by atoms with Crippen LogP contribution in [0.25, 0.3) is 0 Å². The van der Waals surface area contributed by atoms with E-state index in [1.165, 1.54) is 12.3 Å². The van der Waals surface area contributed by atoms with Crippen LogP contribution in [0.3, 0.4) is 0 Å². The standard InChI is InChI=1S/C13H19N3O5/c1-2-21-13(17)12-9-11(16(18)19)10-15(12)4-3-14-5-7-20-8-6-14/h9-10H,2-8H2,1H3. The van der Waals surface area contributed by atoms with Crippen LogP contribution in [-0.2, 0) is 16.0 Å². The third-order valence-electron chi connectivity index (χ3n) is 3.34. The molecule has 0 atom stereocenters. The minimum absolute atomic E-state index is 0.0972. The van der Waals surface area contributed by atoms with Crippen molar-refractivity contribution in [1.82, 2.24) is 9.47 Å². The van der Waals surface area contributed by atoms with Crippen LogP contribution in [0.15, 0.2) is 12.3 Å². The Kier molecular flexibility index (Phi) is 5.29. The average molecular weight is 297 g/mol. The number of hydrogen-bond donors (Lipinski definition) is 0. The van der Waals surface area contributed by atoms with Crippen molar-refractivity contribution in [2.45, 2.75) is 13.5 Å². The molecular formula is C13H19N3O5. The van der Waals surface area contributed by atoms with Gasteiger partial charge in [-0.1, -0.05) is 0 Å². The molecule has 8 nitrogen and oxygen atoms in total. The molecule has 0 bridgehead atoms. The number of morpholine rings is 1. The lowest BCUT2D eigenvalue weighted by atomic mass is 10.4. The van der Waals surface area contributed by atoms with E-state index in [2.05, 4.69) is 4.90 Å². The lowest BCUT2D eigenvalue weighted by Crippen LogP contribution is -2.38. The van der Waals surface area contributed by atoms with Gasteiger partial charge in [0.15, 0.2) is 0 Å². The van der Waals surface area contributed by atoms with Crippen LogP contribution in [0.1, 0.15) is 17.4 Å². The summed E-state index contributed by atoms with van der Waals surface area (Å²) in [5.74, 6) is -0.535. The van der Waals surface area contributed by atoms with Gasteiger partial charge in [-0.2, -0.15) is 0 Å². The van der Waals surface area contributed by atoms with E-state index < -0.39 is 10.9 Å². The Hall–Kier alpha value is -1.93. The van der Waals surface area contributed by atoms with Gasteiger partial charge in [-0.05, 0) is 6.92 Å². The molecule has 1 aromatic rings. The molecule has 21 heavy (non-hydrogen) atoms. The Morgan fingerprint density at radius 1 is 1.43 bits per heavy atom. The normalized spacial score (nSPS) is 15.9. The van der Waals surface area contributed by atoms with Crippen LogP contribution < -0.4 is 0 Å². The molecule has 2 heterocycles. The van der Waals surface area contributed by atoms with Gasteiger partial charge in [0.2, 0.25) is 0 Å². The van der Waals surface area contributed by atoms with Crippen molar-refractivity contribution in [2.24, 2.45) is 0 Å². The third kappa shape index (κ3) is 4.02. The summed E-state index contributed by atoms with van der Waals surface area (Å²) in [6.45, 7) is 6.20. The van der Waals surface area contributed by atoms with Crippen LogP contribution in [-0.4, -0.2) is 59.8 Å². The predicted octanol–water partition coefficient (Wildman–Crippen LogP) is 0.905. The first-order chi connectivity index (χ1) is 10.1.